The van der Waals surface area contributed by atoms with Crippen LogP contribution in [0.1, 0.15) is 43.2 Å². The minimum atomic E-state index is -0.376. The first-order chi connectivity index (χ1) is 12.3. The smallest absolute Gasteiger partial charge is 0.409 e. The summed E-state index contributed by atoms with van der Waals surface area (Å²) < 4.78 is 6.25. The van der Waals surface area contributed by atoms with E-state index in [0.29, 0.717) is 26.1 Å². The summed E-state index contributed by atoms with van der Waals surface area (Å²) in [4.78, 5) is 25.7. The molecular weight excluding hydrogens is 330 g/mol. The molecule has 138 valence electrons. The number of fused-ring (bicyclic) bond motifs is 1. The lowest BCUT2D eigenvalue weighted by Crippen LogP contribution is -2.38. The molecule has 0 spiro atoms. The molecule has 0 N–H and O–H groups in total. The maximum Gasteiger partial charge on any atom is 0.409 e. The van der Waals surface area contributed by atoms with Gasteiger partial charge in [0, 0.05) is 24.6 Å². The van der Waals surface area contributed by atoms with Gasteiger partial charge in [0.25, 0.3) is 5.56 Å². The van der Waals surface area contributed by atoms with Crippen LogP contribution in [0.15, 0.2) is 35.1 Å². The third-order valence-electron chi connectivity index (χ3n) is 4.73. The minimum Gasteiger partial charge on any atom is -0.453 e. The number of carbonyl (C=O) groups is 1. The zero-order chi connectivity index (χ0) is 18.9. The number of rotatable bonds is 2. The van der Waals surface area contributed by atoms with Crippen LogP contribution in [0, 0.1) is 0 Å². The van der Waals surface area contributed by atoms with Gasteiger partial charge in [0.05, 0.1) is 25.9 Å². The van der Waals surface area contributed by atoms with Crippen LogP contribution in [0.25, 0.3) is 0 Å². The molecule has 0 saturated carbocycles. The summed E-state index contributed by atoms with van der Waals surface area (Å²) in [5.41, 5.74) is 3.91. The molecule has 1 aromatic heterocycles. The van der Waals surface area contributed by atoms with Crippen molar-refractivity contribution < 1.29 is 9.53 Å². The predicted molar refractivity (Wildman–Crippen MR) is 99.3 cm³/mol. The van der Waals surface area contributed by atoms with Gasteiger partial charge in [0.2, 0.25) is 0 Å². The van der Waals surface area contributed by atoms with Crippen molar-refractivity contribution >= 4 is 6.09 Å². The van der Waals surface area contributed by atoms with Gasteiger partial charge in [-0.1, -0.05) is 45.0 Å². The Morgan fingerprint density at radius 2 is 1.92 bits per heavy atom. The maximum atomic E-state index is 12.4. The Morgan fingerprint density at radius 3 is 2.54 bits per heavy atom. The Hall–Kier alpha value is -2.63. The van der Waals surface area contributed by atoms with Gasteiger partial charge in [0.1, 0.15) is 0 Å². The van der Waals surface area contributed by atoms with Gasteiger partial charge in [-0.25, -0.2) is 9.48 Å². The first-order valence-electron chi connectivity index (χ1n) is 8.80. The molecule has 1 aliphatic rings. The molecule has 0 bridgehead atoms. The van der Waals surface area contributed by atoms with Crippen LogP contribution in [0.2, 0.25) is 0 Å². The van der Waals surface area contributed by atoms with Crippen LogP contribution in [0.4, 0.5) is 4.79 Å². The molecule has 6 nitrogen and oxygen atoms in total. The van der Waals surface area contributed by atoms with Gasteiger partial charge in [-0.3, -0.25) is 4.79 Å². The number of hydrogen-bond donors (Lipinski definition) is 0. The zero-order valence-electron chi connectivity index (χ0n) is 15.8. The Morgan fingerprint density at radius 1 is 1.23 bits per heavy atom. The number of hydrogen-bond acceptors (Lipinski definition) is 4. The van der Waals surface area contributed by atoms with Crippen molar-refractivity contribution in [2.75, 3.05) is 13.7 Å². The first kappa shape index (κ1) is 18.2. The highest BCUT2D eigenvalue weighted by Crippen LogP contribution is 2.22. The molecule has 1 aliphatic heterocycles. The van der Waals surface area contributed by atoms with E-state index in [-0.39, 0.29) is 17.1 Å². The summed E-state index contributed by atoms with van der Waals surface area (Å²) in [6.07, 6.45) is 0.243. The Bertz CT molecular complexity index is 863. The number of nitrogens with zero attached hydrogens (tertiary/aromatic N) is 3. The molecule has 3 rings (SSSR count). The normalized spacial score (nSPS) is 14.1. The second-order valence-corrected chi connectivity index (χ2v) is 7.70. The van der Waals surface area contributed by atoms with Crippen LogP contribution in [-0.4, -0.2) is 34.4 Å². The summed E-state index contributed by atoms with van der Waals surface area (Å²) in [5.74, 6) is 0. The molecule has 0 fully saturated rings. The molecule has 26 heavy (non-hydrogen) atoms. The second-order valence-electron chi connectivity index (χ2n) is 7.70. The fraction of sp³-hybridized carbons (Fsp3) is 0.450. The third kappa shape index (κ3) is 3.79. The summed E-state index contributed by atoms with van der Waals surface area (Å²) in [5, 5.41) is 4.52. The zero-order valence-corrected chi connectivity index (χ0v) is 15.8. The SMILES string of the molecule is COC(=O)N1CCc2nn(Cc3ccc(C(C)(C)C)cc3)c(=O)cc2C1. The Labute approximate surface area is 153 Å². The van der Waals surface area contributed by atoms with Crippen LogP contribution in [0.3, 0.4) is 0 Å². The lowest BCUT2D eigenvalue weighted by Gasteiger charge is -2.27. The fourth-order valence-electron chi connectivity index (χ4n) is 3.12. The Balaban J connectivity index is 1.80. The van der Waals surface area contributed by atoms with Gasteiger partial charge >= 0.3 is 6.09 Å². The number of benzene rings is 1. The van der Waals surface area contributed by atoms with Crippen molar-refractivity contribution in [2.24, 2.45) is 0 Å². The van der Waals surface area contributed by atoms with E-state index in [0.717, 1.165) is 16.8 Å². The van der Waals surface area contributed by atoms with Crippen molar-refractivity contribution in [1.82, 2.24) is 14.7 Å². The minimum absolute atomic E-state index is 0.102. The van der Waals surface area contributed by atoms with Gasteiger partial charge in [-0.15, -0.1) is 0 Å². The predicted octanol–water partition coefficient (Wildman–Crippen LogP) is 2.71. The number of amides is 1. The van der Waals surface area contributed by atoms with E-state index >= 15 is 0 Å². The average Bonchev–Trinajstić information content (AvgIpc) is 2.61. The average molecular weight is 355 g/mol. The fourth-order valence-corrected chi connectivity index (χ4v) is 3.12. The van der Waals surface area contributed by atoms with E-state index in [2.05, 4.69) is 38.0 Å². The van der Waals surface area contributed by atoms with Crippen molar-refractivity contribution in [3.63, 3.8) is 0 Å². The highest BCUT2D eigenvalue weighted by Gasteiger charge is 2.23. The van der Waals surface area contributed by atoms with Crippen LogP contribution in [-0.2, 0) is 29.7 Å². The topological polar surface area (TPSA) is 64.4 Å². The molecule has 6 heteroatoms. The number of methoxy groups -OCH3 is 1. The van der Waals surface area contributed by atoms with Gasteiger partial charge < -0.3 is 9.64 Å². The molecule has 0 radical (unpaired) electrons. The first-order valence-corrected chi connectivity index (χ1v) is 8.80. The molecule has 2 aromatic rings. The molecule has 1 aromatic carbocycles. The molecule has 0 aliphatic carbocycles. The number of carbonyl (C=O) groups excluding carboxylic acids is 1. The molecule has 2 heterocycles. The second kappa shape index (κ2) is 6.94. The van der Waals surface area contributed by atoms with E-state index in [1.807, 2.05) is 12.1 Å². The quantitative estimate of drug-likeness (QED) is 0.831. The van der Waals surface area contributed by atoms with E-state index < -0.39 is 0 Å². The molecule has 1 amide bonds. The van der Waals surface area contributed by atoms with Crippen LogP contribution >= 0.6 is 0 Å². The van der Waals surface area contributed by atoms with Crippen molar-refractivity contribution in [2.45, 2.75) is 45.7 Å². The summed E-state index contributed by atoms with van der Waals surface area (Å²) in [7, 11) is 1.36. The van der Waals surface area contributed by atoms with Crippen LogP contribution < -0.4 is 5.56 Å². The highest BCUT2D eigenvalue weighted by molar-refractivity contribution is 5.67. The lowest BCUT2D eigenvalue weighted by atomic mass is 9.87. The molecule has 0 saturated heterocycles. The largest absolute Gasteiger partial charge is 0.453 e. The molecular formula is C20H25N3O3. The maximum absolute atomic E-state index is 12.4. The third-order valence-corrected chi connectivity index (χ3v) is 4.73. The van der Waals surface area contributed by atoms with Gasteiger partial charge in [-0.2, -0.15) is 5.10 Å². The van der Waals surface area contributed by atoms with Crippen molar-refractivity contribution in [1.29, 1.82) is 0 Å². The summed E-state index contributed by atoms with van der Waals surface area (Å²) in [6.45, 7) is 7.88. The summed E-state index contributed by atoms with van der Waals surface area (Å²) in [6, 6.07) is 9.89. The standard InChI is InChI=1S/C20H25N3O3/c1-20(2,3)16-7-5-14(6-8-16)12-23-18(24)11-15-13-22(19(25)26-4)10-9-17(15)21-23/h5-8,11H,9-10,12-13H2,1-4H3. The summed E-state index contributed by atoms with van der Waals surface area (Å²) >= 11 is 0. The number of ether oxygens (including phenoxy) is 1. The van der Waals surface area contributed by atoms with E-state index in [4.69, 9.17) is 4.74 Å². The monoisotopic (exact) mass is 355 g/mol. The van der Waals surface area contributed by atoms with E-state index in [1.165, 1.54) is 17.4 Å². The number of aromatic nitrogens is 2. The van der Waals surface area contributed by atoms with Crippen molar-refractivity contribution in [3.8, 4) is 0 Å². The van der Waals surface area contributed by atoms with Crippen LogP contribution in [0.5, 0.6) is 0 Å². The van der Waals surface area contributed by atoms with E-state index in [9.17, 15) is 9.59 Å². The molecule has 0 atom stereocenters. The Kier molecular flexibility index (Phi) is 4.85. The van der Waals surface area contributed by atoms with Gasteiger partial charge in [-0.05, 0) is 16.5 Å². The highest BCUT2D eigenvalue weighted by atomic mass is 16.5. The van der Waals surface area contributed by atoms with Crippen molar-refractivity contribution in [3.05, 3.63) is 63.1 Å². The van der Waals surface area contributed by atoms with E-state index in [1.54, 1.807) is 11.0 Å². The lowest BCUT2D eigenvalue weighted by molar-refractivity contribution is 0.118. The van der Waals surface area contributed by atoms with Gasteiger partial charge in [0.15, 0.2) is 0 Å². The molecule has 0 unspecified atom stereocenters.